The van der Waals surface area contributed by atoms with Crippen molar-refractivity contribution in [1.82, 2.24) is 25.5 Å². The summed E-state index contributed by atoms with van der Waals surface area (Å²) in [6.07, 6.45) is 1.85. The molecular formula is C21H25N5OS. The minimum absolute atomic E-state index is 0.0132. The van der Waals surface area contributed by atoms with Gasteiger partial charge < -0.3 is 5.32 Å². The first-order valence-corrected chi connectivity index (χ1v) is 10.3. The van der Waals surface area contributed by atoms with E-state index in [1.807, 2.05) is 44.2 Å². The summed E-state index contributed by atoms with van der Waals surface area (Å²) in [7, 11) is 0. The third-order valence-electron chi connectivity index (χ3n) is 4.47. The molecule has 1 atom stereocenters. The number of amides is 1. The number of benzene rings is 2. The lowest BCUT2D eigenvalue weighted by molar-refractivity contribution is -0.119. The molecule has 0 spiro atoms. The molecule has 0 saturated heterocycles. The molecule has 3 aromatic rings. The first-order chi connectivity index (χ1) is 13.5. The van der Waals surface area contributed by atoms with Crippen LogP contribution < -0.4 is 5.32 Å². The maximum absolute atomic E-state index is 12.3. The number of nitrogens with zero attached hydrogens (tertiary/aromatic N) is 4. The number of rotatable bonds is 8. The van der Waals surface area contributed by atoms with Crippen molar-refractivity contribution in [2.75, 3.05) is 5.75 Å². The van der Waals surface area contributed by atoms with E-state index in [1.165, 1.54) is 22.9 Å². The summed E-state index contributed by atoms with van der Waals surface area (Å²) in [5.41, 5.74) is 4.49. The predicted octanol–water partition coefficient (Wildman–Crippen LogP) is 3.51. The van der Waals surface area contributed by atoms with Gasteiger partial charge in [0, 0.05) is 6.04 Å². The number of hydrogen-bond donors (Lipinski definition) is 1. The van der Waals surface area contributed by atoms with Crippen LogP contribution in [0.25, 0.3) is 5.69 Å². The Labute approximate surface area is 169 Å². The van der Waals surface area contributed by atoms with Crippen molar-refractivity contribution in [3.8, 4) is 5.69 Å². The van der Waals surface area contributed by atoms with Gasteiger partial charge in [0.15, 0.2) is 0 Å². The largest absolute Gasteiger partial charge is 0.353 e. The zero-order valence-corrected chi connectivity index (χ0v) is 17.2. The van der Waals surface area contributed by atoms with Crippen LogP contribution in [0.2, 0.25) is 0 Å². The molecule has 0 aliphatic carbocycles. The van der Waals surface area contributed by atoms with Gasteiger partial charge in [0.1, 0.15) is 0 Å². The molecule has 0 aliphatic rings. The summed E-state index contributed by atoms with van der Waals surface area (Å²) in [6.45, 7) is 6.11. The lowest BCUT2D eigenvalue weighted by Gasteiger charge is -2.14. The molecule has 1 N–H and O–H groups in total. The number of hydrogen-bond acceptors (Lipinski definition) is 5. The van der Waals surface area contributed by atoms with Crippen LogP contribution in [-0.2, 0) is 11.2 Å². The standard InChI is InChI=1S/C21H25N5OS/c1-15-9-12-19(16(2)13-15)26-21(23-24-25-26)28-14-20(27)22-17(3)10-11-18-7-5-4-6-8-18/h4-9,12-13,17H,10-11,14H2,1-3H3,(H,22,27)/t17-/m1/s1. The predicted molar refractivity (Wildman–Crippen MR) is 112 cm³/mol. The molecule has 146 valence electrons. The monoisotopic (exact) mass is 395 g/mol. The van der Waals surface area contributed by atoms with Crippen LogP contribution in [0.1, 0.15) is 30.0 Å². The zero-order valence-electron chi connectivity index (χ0n) is 16.4. The van der Waals surface area contributed by atoms with Gasteiger partial charge in [0.25, 0.3) is 0 Å². The number of carbonyl (C=O) groups excluding carboxylic acids is 1. The smallest absolute Gasteiger partial charge is 0.230 e. The summed E-state index contributed by atoms with van der Waals surface area (Å²) in [5, 5.41) is 15.6. The van der Waals surface area contributed by atoms with E-state index in [-0.39, 0.29) is 17.7 Å². The fourth-order valence-electron chi connectivity index (χ4n) is 3.01. The van der Waals surface area contributed by atoms with Gasteiger partial charge in [0.05, 0.1) is 11.4 Å². The second kappa shape index (κ2) is 9.50. The van der Waals surface area contributed by atoms with E-state index in [2.05, 4.69) is 46.0 Å². The van der Waals surface area contributed by atoms with Crippen LogP contribution in [-0.4, -0.2) is 37.9 Å². The average Bonchev–Trinajstić information content (AvgIpc) is 3.14. The molecule has 1 aromatic heterocycles. The van der Waals surface area contributed by atoms with E-state index in [1.54, 1.807) is 4.68 Å². The normalized spacial score (nSPS) is 12.0. The molecule has 7 heteroatoms. The molecule has 2 aromatic carbocycles. The van der Waals surface area contributed by atoms with Gasteiger partial charge in [-0.1, -0.05) is 59.8 Å². The van der Waals surface area contributed by atoms with Gasteiger partial charge in [0.2, 0.25) is 11.1 Å². The van der Waals surface area contributed by atoms with E-state index < -0.39 is 0 Å². The summed E-state index contributed by atoms with van der Waals surface area (Å²) in [5.74, 6) is 0.266. The molecular weight excluding hydrogens is 370 g/mol. The first-order valence-electron chi connectivity index (χ1n) is 9.35. The van der Waals surface area contributed by atoms with Crippen LogP contribution in [0.3, 0.4) is 0 Å². The fourth-order valence-corrected chi connectivity index (χ4v) is 3.70. The zero-order chi connectivity index (χ0) is 19.9. The first kappa shape index (κ1) is 20.1. The number of carbonyl (C=O) groups is 1. The van der Waals surface area contributed by atoms with Crippen molar-refractivity contribution in [2.24, 2.45) is 0 Å². The maximum Gasteiger partial charge on any atom is 0.230 e. The van der Waals surface area contributed by atoms with Crippen molar-refractivity contribution >= 4 is 17.7 Å². The van der Waals surface area contributed by atoms with Crippen molar-refractivity contribution in [3.63, 3.8) is 0 Å². The van der Waals surface area contributed by atoms with Crippen LogP contribution in [0.5, 0.6) is 0 Å². The molecule has 0 saturated carbocycles. The van der Waals surface area contributed by atoms with Gasteiger partial charge in [-0.3, -0.25) is 4.79 Å². The molecule has 1 heterocycles. The van der Waals surface area contributed by atoms with Crippen molar-refractivity contribution in [2.45, 2.75) is 44.8 Å². The quantitative estimate of drug-likeness (QED) is 0.591. The third kappa shape index (κ3) is 5.42. The number of aryl methyl sites for hydroxylation is 3. The van der Waals surface area contributed by atoms with Crippen LogP contribution in [0.15, 0.2) is 53.7 Å². The van der Waals surface area contributed by atoms with Crippen molar-refractivity contribution in [1.29, 1.82) is 0 Å². The van der Waals surface area contributed by atoms with Crippen LogP contribution >= 0.6 is 11.8 Å². The topological polar surface area (TPSA) is 72.7 Å². The van der Waals surface area contributed by atoms with Crippen LogP contribution in [0.4, 0.5) is 0 Å². The van der Waals surface area contributed by atoms with Gasteiger partial charge in [-0.25, -0.2) is 0 Å². The molecule has 3 rings (SSSR count). The summed E-state index contributed by atoms with van der Waals surface area (Å²) in [4.78, 5) is 12.3. The van der Waals surface area contributed by atoms with Crippen molar-refractivity contribution < 1.29 is 4.79 Å². The van der Waals surface area contributed by atoms with E-state index >= 15 is 0 Å². The highest BCUT2D eigenvalue weighted by atomic mass is 32.2. The molecule has 1 amide bonds. The lowest BCUT2D eigenvalue weighted by Crippen LogP contribution is -2.34. The van der Waals surface area contributed by atoms with E-state index in [0.29, 0.717) is 5.16 Å². The fraction of sp³-hybridized carbons (Fsp3) is 0.333. The van der Waals surface area contributed by atoms with Gasteiger partial charge in [-0.2, -0.15) is 4.68 Å². The Morgan fingerprint density at radius 2 is 1.96 bits per heavy atom. The Kier molecular flexibility index (Phi) is 6.81. The van der Waals surface area contributed by atoms with E-state index in [0.717, 1.165) is 24.1 Å². The van der Waals surface area contributed by atoms with Gasteiger partial charge in [-0.05, 0) is 61.2 Å². The number of thioether (sulfide) groups is 1. The second-order valence-electron chi connectivity index (χ2n) is 6.94. The molecule has 0 fully saturated rings. The molecule has 28 heavy (non-hydrogen) atoms. The average molecular weight is 396 g/mol. The second-order valence-corrected chi connectivity index (χ2v) is 7.89. The SMILES string of the molecule is Cc1ccc(-n2nnnc2SCC(=O)N[C@H](C)CCc2ccccc2)c(C)c1. The molecule has 0 aliphatic heterocycles. The highest BCUT2D eigenvalue weighted by Crippen LogP contribution is 2.21. The highest BCUT2D eigenvalue weighted by Gasteiger charge is 2.14. The number of nitrogens with one attached hydrogen (secondary N) is 1. The molecule has 6 nitrogen and oxygen atoms in total. The highest BCUT2D eigenvalue weighted by molar-refractivity contribution is 7.99. The minimum atomic E-state index is -0.0132. The maximum atomic E-state index is 12.3. The number of aromatic nitrogens is 4. The lowest BCUT2D eigenvalue weighted by atomic mass is 10.1. The number of tetrazole rings is 1. The Hall–Kier alpha value is -2.67. The Morgan fingerprint density at radius 1 is 1.18 bits per heavy atom. The van der Waals surface area contributed by atoms with Gasteiger partial charge in [-0.15, -0.1) is 5.10 Å². The van der Waals surface area contributed by atoms with E-state index in [4.69, 9.17) is 0 Å². The summed E-state index contributed by atoms with van der Waals surface area (Å²) in [6, 6.07) is 16.5. The molecule has 0 radical (unpaired) electrons. The Morgan fingerprint density at radius 3 is 2.71 bits per heavy atom. The minimum Gasteiger partial charge on any atom is -0.353 e. The molecule has 0 bridgehead atoms. The summed E-state index contributed by atoms with van der Waals surface area (Å²) >= 11 is 1.34. The van der Waals surface area contributed by atoms with Gasteiger partial charge >= 0.3 is 0 Å². The van der Waals surface area contributed by atoms with Crippen LogP contribution in [0, 0.1) is 13.8 Å². The van der Waals surface area contributed by atoms with Crippen molar-refractivity contribution in [3.05, 3.63) is 65.2 Å². The summed E-state index contributed by atoms with van der Waals surface area (Å²) < 4.78 is 1.69. The molecule has 0 unspecified atom stereocenters. The Bertz CT molecular complexity index is 926. The van der Waals surface area contributed by atoms with E-state index in [9.17, 15) is 4.79 Å². The Balaban J connectivity index is 1.52. The third-order valence-corrected chi connectivity index (χ3v) is 5.39.